The Balaban J connectivity index is 2.36. The smallest absolute Gasteiger partial charge is 0.197 e. The van der Waals surface area contributed by atoms with Crippen LogP contribution in [0, 0.1) is 34.6 Å². The Kier molecular flexibility index (Phi) is 2.24. The van der Waals surface area contributed by atoms with Crippen molar-refractivity contribution in [1.29, 1.82) is 5.26 Å². The van der Waals surface area contributed by atoms with Crippen LogP contribution < -0.4 is 0 Å². The molecule has 92 valence electrons. The molecule has 1 aromatic rings. The second-order valence-corrected chi connectivity index (χ2v) is 4.55. The topological polar surface area (TPSA) is 23.8 Å². The Morgan fingerprint density at radius 2 is 1.56 bits per heavy atom. The third-order valence-electron chi connectivity index (χ3n) is 3.71. The first-order valence-corrected chi connectivity index (χ1v) is 5.53. The van der Waals surface area contributed by atoms with Gasteiger partial charge >= 0.3 is 0 Å². The summed E-state index contributed by atoms with van der Waals surface area (Å²) in [6.45, 7) is 0. The van der Waals surface area contributed by atoms with E-state index in [0.717, 1.165) is 0 Å². The van der Waals surface area contributed by atoms with Crippen molar-refractivity contribution in [2.45, 2.75) is 24.7 Å². The van der Waals surface area contributed by atoms with Crippen LogP contribution in [0.25, 0.3) is 0 Å². The molecule has 0 radical (unpaired) electrons. The molecule has 5 heteroatoms. The van der Waals surface area contributed by atoms with Gasteiger partial charge in [-0.1, -0.05) is 6.08 Å². The number of allylic oxidation sites excluding steroid dienone is 2. The Bertz CT molecular complexity index is 627. The fourth-order valence-electron chi connectivity index (χ4n) is 2.93. The molecule has 0 N–H and O–H groups in total. The molecule has 0 fully saturated rings. The number of hydrogen-bond acceptors (Lipinski definition) is 1. The van der Waals surface area contributed by atoms with Crippen molar-refractivity contribution in [3.05, 3.63) is 46.0 Å². The number of nitrogens with zero attached hydrogens (tertiary/aromatic N) is 1. The Hall–Kier alpha value is -1.83. The minimum atomic E-state index is -1.80. The normalized spacial score (nSPS) is 24.5. The first-order valence-electron chi connectivity index (χ1n) is 5.53. The molecule has 1 aromatic carbocycles. The van der Waals surface area contributed by atoms with E-state index in [1.54, 1.807) is 0 Å². The molecule has 3 aliphatic carbocycles. The van der Waals surface area contributed by atoms with Crippen LogP contribution in [0.15, 0.2) is 11.6 Å². The van der Waals surface area contributed by atoms with Crippen molar-refractivity contribution < 1.29 is 17.6 Å². The van der Waals surface area contributed by atoms with E-state index in [0.29, 0.717) is 18.4 Å². The van der Waals surface area contributed by atoms with Gasteiger partial charge in [0.2, 0.25) is 0 Å². The summed E-state index contributed by atoms with van der Waals surface area (Å²) < 4.78 is 53.9. The lowest BCUT2D eigenvalue weighted by molar-refractivity contribution is 0.376. The molecule has 0 spiro atoms. The van der Waals surface area contributed by atoms with Crippen LogP contribution in [0.1, 0.15) is 35.8 Å². The van der Waals surface area contributed by atoms with E-state index in [1.165, 1.54) is 6.08 Å². The highest BCUT2D eigenvalue weighted by atomic mass is 19.2. The molecular weight excluding hydrogens is 246 g/mol. The van der Waals surface area contributed by atoms with Crippen molar-refractivity contribution in [2.24, 2.45) is 0 Å². The highest BCUT2D eigenvalue weighted by Crippen LogP contribution is 2.51. The summed E-state index contributed by atoms with van der Waals surface area (Å²) in [5.74, 6) is -7.45. The van der Waals surface area contributed by atoms with E-state index in [1.807, 2.05) is 6.07 Å². The molecule has 0 unspecified atom stereocenters. The molecule has 18 heavy (non-hydrogen) atoms. The lowest BCUT2D eigenvalue weighted by Gasteiger charge is -2.36. The van der Waals surface area contributed by atoms with Crippen LogP contribution in [0.5, 0.6) is 0 Å². The second-order valence-electron chi connectivity index (χ2n) is 4.55. The van der Waals surface area contributed by atoms with Gasteiger partial charge in [0.25, 0.3) is 0 Å². The molecule has 0 amide bonds. The van der Waals surface area contributed by atoms with Gasteiger partial charge in [-0.15, -0.1) is 0 Å². The number of benzene rings is 1. The lowest BCUT2D eigenvalue weighted by Crippen LogP contribution is -2.25. The zero-order valence-corrected chi connectivity index (χ0v) is 9.11. The molecule has 2 bridgehead atoms. The maximum Gasteiger partial charge on any atom is 0.197 e. The van der Waals surface area contributed by atoms with E-state index in [-0.39, 0.29) is 11.1 Å². The third-order valence-corrected chi connectivity index (χ3v) is 3.71. The van der Waals surface area contributed by atoms with Gasteiger partial charge < -0.3 is 0 Å². The summed E-state index contributed by atoms with van der Waals surface area (Å²) in [5.41, 5.74) is 0.00593. The Labute approximate surface area is 100 Å². The van der Waals surface area contributed by atoms with Gasteiger partial charge in [-0.3, -0.25) is 0 Å². The largest absolute Gasteiger partial charge is 0.203 e. The highest BCUT2D eigenvalue weighted by molar-refractivity contribution is 5.53. The van der Waals surface area contributed by atoms with Crippen LogP contribution >= 0.6 is 0 Å². The molecule has 0 aromatic heterocycles. The van der Waals surface area contributed by atoms with Gasteiger partial charge in [0.05, 0.1) is 6.07 Å². The number of hydrogen-bond donors (Lipinski definition) is 0. The highest BCUT2D eigenvalue weighted by Gasteiger charge is 2.41. The summed E-state index contributed by atoms with van der Waals surface area (Å²) in [6, 6.07) is 1.91. The van der Waals surface area contributed by atoms with Gasteiger partial charge in [-0.2, -0.15) is 5.26 Å². The molecular formula is C13H7F4N. The average molecular weight is 253 g/mol. The standard InChI is InChI=1S/C13H7F4N/c14-10-8-5-1-2-7(6(3-5)4-18)9(8)11(15)13(17)12(10)16/h3,5,7H,1-2H2/t5-,7+/m1/s1. The van der Waals surface area contributed by atoms with Crippen LogP contribution in [0.3, 0.4) is 0 Å². The minimum absolute atomic E-state index is 0.123. The Morgan fingerprint density at radius 3 is 2.17 bits per heavy atom. The average Bonchev–Trinajstić information content (AvgIpc) is 2.42. The number of halogens is 4. The predicted molar refractivity (Wildman–Crippen MR) is 54.7 cm³/mol. The monoisotopic (exact) mass is 253 g/mol. The molecule has 0 saturated heterocycles. The van der Waals surface area contributed by atoms with Crippen molar-refractivity contribution in [3.8, 4) is 6.07 Å². The molecule has 2 atom stereocenters. The quantitative estimate of drug-likeness (QED) is 0.393. The fourth-order valence-corrected chi connectivity index (χ4v) is 2.93. The molecule has 0 aliphatic heterocycles. The SMILES string of the molecule is N#CC1=C[C@H]2CC[C@@H]1c1c(F)c(F)c(F)c(F)c12. The summed E-state index contributed by atoms with van der Waals surface area (Å²) in [5, 5.41) is 8.92. The van der Waals surface area contributed by atoms with Crippen LogP contribution in [0.4, 0.5) is 17.6 Å². The summed E-state index contributed by atoms with van der Waals surface area (Å²) >= 11 is 0. The zero-order valence-electron chi connectivity index (χ0n) is 9.11. The van der Waals surface area contributed by atoms with E-state index in [4.69, 9.17) is 5.26 Å². The molecule has 3 aliphatic rings. The van der Waals surface area contributed by atoms with E-state index >= 15 is 0 Å². The van der Waals surface area contributed by atoms with E-state index in [9.17, 15) is 17.6 Å². The van der Waals surface area contributed by atoms with E-state index in [2.05, 4.69) is 0 Å². The van der Waals surface area contributed by atoms with Crippen molar-refractivity contribution in [3.63, 3.8) is 0 Å². The predicted octanol–water partition coefficient (Wildman–Crippen LogP) is 3.67. The van der Waals surface area contributed by atoms with Gasteiger partial charge in [0, 0.05) is 28.5 Å². The van der Waals surface area contributed by atoms with E-state index < -0.39 is 35.1 Å². The molecule has 4 rings (SSSR count). The summed E-state index contributed by atoms with van der Waals surface area (Å²) in [4.78, 5) is 0. The van der Waals surface area contributed by atoms with Crippen LogP contribution in [-0.2, 0) is 0 Å². The van der Waals surface area contributed by atoms with Crippen LogP contribution in [0.2, 0.25) is 0 Å². The molecule has 0 saturated carbocycles. The lowest BCUT2D eigenvalue weighted by atomic mass is 9.67. The molecule has 1 nitrogen and oxygen atoms in total. The van der Waals surface area contributed by atoms with Gasteiger partial charge in [0.15, 0.2) is 23.3 Å². The number of rotatable bonds is 0. The first-order chi connectivity index (χ1) is 8.56. The first kappa shape index (κ1) is 11.3. The number of nitriles is 1. The minimum Gasteiger partial charge on any atom is -0.203 e. The van der Waals surface area contributed by atoms with Crippen LogP contribution in [-0.4, -0.2) is 0 Å². The summed E-state index contributed by atoms with van der Waals surface area (Å²) in [7, 11) is 0. The van der Waals surface area contributed by atoms with Gasteiger partial charge in [0.1, 0.15) is 0 Å². The van der Waals surface area contributed by atoms with Gasteiger partial charge in [-0.05, 0) is 12.8 Å². The fraction of sp³-hybridized carbons (Fsp3) is 0.308. The van der Waals surface area contributed by atoms with Crippen molar-refractivity contribution >= 4 is 0 Å². The zero-order chi connectivity index (χ0) is 13.0. The Morgan fingerprint density at radius 1 is 0.944 bits per heavy atom. The maximum absolute atomic E-state index is 13.8. The maximum atomic E-state index is 13.8. The molecule has 0 heterocycles. The number of fused-ring (bicyclic) bond motifs is 1. The van der Waals surface area contributed by atoms with Crippen molar-refractivity contribution in [2.75, 3.05) is 0 Å². The second kappa shape index (κ2) is 3.58. The third kappa shape index (κ3) is 1.20. The summed E-state index contributed by atoms with van der Waals surface area (Å²) in [6.07, 6.45) is 2.50. The van der Waals surface area contributed by atoms with Gasteiger partial charge in [-0.25, -0.2) is 17.6 Å². The van der Waals surface area contributed by atoms with Crippen molar-refractivity contribution in [1.82, 2.24) is 0 Å².